The molecule has 2 atom stereocenters. The van der Waals surface area contributed by atoms with Crippen molar-refractivity contribution in [2.75, 3.05) is 19.6 Å². The average Bonchev–Trinajstić information content (AvgIpc) is 3.28. The highest BCUT2D eigenvalue weighted by molar-refractivity contribution is 5.92. The Morgan fingerprint density at radius 2 is 1.62 bits per heavy atom. The number of carbonyl (C=O) groups is 3. The quantitative estimate of drug-likeness (QED) is 0.437. The molecule has 2 heterocycles. The second kappa shape index (κ2) is 11.7. The van der Waals surface area contributed by atoms with E-state index in [0.717, 1.165) is 17.7 Å². The van der Waals surface area contributed by atoms with Crippen molar-refractivity contribution in [1.29, 1.82) is 0 Å². The molecule has 5 rings (SSSR count). The number of urea groups is 1. The minimum absolute atomic E-state index is 0.0543. The third kappa shape index (κ3) is 5.30. The first kappa shape index (κ1) is 27.0. The van der Waals surface area contributed by atoms with E-state index < -0.39 is 35.8 Å². The molecule has 3 aromatic rings. The van der Waals surface area contributed by atoms with Crippen LogP contribution in [0, 0.1) is 11.6 Å². The van der Waals surface area contributed by atoms with E-state index >= 15 is 0 Å². The van der Waals surface area contributed by atoms with Crippen LogP contribution in [-0.2, 0) is 22.7 Å². The molecule has 2 aliphatic heterocycles. The Labute approximate surface area is 231 Å². The molecule has 0 aliphatic carbocycles. The summed E-state index contributed by atoms with van der Waals surface area (Å²) in [6.45, 7) is 3.60. The largest absolute Gasteiger partial charge is 0.333 e. The van der Waals surface area contributed by atoms with Gasteiger partial charge in [-0.1, -0.05) is 72.8 Å². The number of carbonyl (C=O) groups excluding carboxylic acids is 3. The summed E-state index contributed by atoms with van der Waals surface area (Å²) in [4.78, 5) is 43.4. The van der Waals surface area contributed by atoms with Crippen molar-refractivity contribution in [2.24, 2.45) is 0 Å². The number of amides is 4. The number of rotatable bonds is 8. The predicted molar refractivity (Wildman–Crippen MR) is 144 cm³/mol. The van der Waals surface area contributed by atoms with Gasteiger partial charge in [0.1, 0.15) is 23.8 Å². The molecule has 4 amide bonds. The smallest absolute Gasteiger partial charge is 0.332 e. The number of hydrazine groups is 1. The molecular weight excluding hydrogens is 516 g/mol. The molecule has 2 fully saturated rings. The topological polar surface area (TPSA) is 76.2 Å². The van der Waals surface area contributed by atoms with Crippen LogP contribution in [0.5, 0.6) is 0 Å². The Morgan fingerprint density at radius 1 is 0.975 bits per heavy atom. The van der Waals surface area contributed by atoms with Gasteiger partial charge < -0.3 is 15.1 Å². The lowest BCUT2D eigenvalue weighted by atomic mass is 10.00. The number of benzene rings is 3. The van der Waals surface area contributed by atoms with Crippen LogP contribution < -0.4 is 5.32 Å². The van der Waals surface area contributed by atoms with Gasteiger partial charge in [0, 0.05) is 12.1 Å². The molecule has 0 unspecified atom stereocenters. The van der Waals surface area contributed by atoms with Crippen LogP contribution in [0.25, 0.3) is 0 Å². The zero-order valence-corrected chi connectivity index (χ0v) is 21.7. The van der Waals surface area contributed by atoms with Gasteiger partial charge in [0.15, 0.2) is 0 Å². The van der Waals surface area contributed by atoms with E-state index in [0.29, 0.717) is 5.56 Å². The van der Waals surface area contributed by atoms with Crippen LogP contribution in [-0.4, -0.2) is 63.5 Å². The number of nitrogens with one attached hydrogen (secondary N) is 1. The second-order valence-corrected chi connectivity index (χ2v) is 9.63. The molecule has 2 saturated heterocycles. The molecule has 2 aliphatic rings. The first-order chi connectivity index (χ1) is 19.4. The van der Waals surface area contributed by atoms with Crippen molar-refractivity contribution in [3.8, 4) is 0 Å². The van der Waals surface area contributed by atoms with Crippen LogP contribution >= 0.6 is 0 Å². The van der Waals surface area contributed by atoms with Crippen LogP contribution in [0.15, 0.2) is 91.5 Å². The summed E-state index contributed by atoms with van der Waals surface area (Å²) in [5, 5.41) is 5.86. The van der Waals surface area contributed by atoms with E-state index in [4.69, 9.17) is 0 Å². The first-order valence-electron chi connectivity index (χ1n) is 12.9. The second-order valence-electron chi connectivity index (χ2n) is 9.63. The van der Waals surface area contributed by atoms with E-state index in [2.05, 4.69) is 11.9 Å². The van der Waals surface area contributed by atoms with Crippen molar-refractivity contribution < 1.29 is 23.2 Å². The summed E-state index contributed by atoms with van der Waals surface area (Å²) in [7, 11) is 0. The van der Waals surface area contributed by atoms with Gasteiger partial charge in [0.25, 0.3) is 5.91 Å². The van der Waals surface area contributed by atoms with E-state index in [1.54, 1.807) is 41.4 Å². The van der Waals surface area contributed by atoms with Crippen LogP contribution in [0.3, 0.4) is 0 Å². The van der Waals surface area contributed by atoms with Crippen molar-refractivity contribution >= 4 is 17.8 Å². The summed E-state index contributed by atoms with van der Waals surface area (Å²) in [5.41, 5.74) is 1.23. The highest BCUT2D eigenvalue weighted by atomic mass is 19.1. The minimum Gasteiger partial charge on any atom is -0.333 e. The number of piperazine rings is 1. The van der Waals surface area contributed by atoms with E-state index in [9.17, 15) is 23.2 Å². The number of halogens is 2. The molecular formula is C30H29F2N5O3. The molecule has 0 radical (unpaired) electrons. The highest BCUT2D eigenvalue weighted by Crippen LogP contribution is 2.36. The van der Waals surface area contributed by atoms with Crippen molar-refractivity contribution in [1.82, 2.24) is 25.1 Å². The fraction of sp³-hybridized carbons (Fsp3) is 0.233. The Bertz CT molecular complexity index is 1380. The Morgan fingerprint density at radius 3 is 2.27 bits per heavy atom. The summed E-state index contributed by atoms with van der Waals surface area (Å²) in [6, 6.07) is 20.2. The average molecular weight is 546 g/mol. The van der Waals surface area contributed by atoms with Gasteiger partial charge in [-0.05, 0) is 23.3 Å². The van der Waals surface area contributed by atoms with Crippen molar-refractivity contribution in [2.45, 2.75) is 25.3 Å². The van der Waals surface area contributed by atoms with E-state index in [1.807, 2.05) is 30.3 Å². The summed E-state index contributed by atoms with van der Waals surface area (Å²) < 4.78 is 29.2. The van der Waals surface area contributed by atoms with Crippen molar-refractivity contribution in [3.63, 3.8) is 0 Å². The van der Waals surface area contributed by atoms with Crippen LogP contribution in [0.2, 0.25) is 0 Å². The molecule has 8 nitrogen and oxygen atoms in total. The van der Waals surface area contributed by atoms with E-state index in [-0.39, 0.29) is 44.2 Å². The predicted octanol–water partition coefficient (Wildman–Crippen LogP) is 3.83. The lowest BCUT2D eigenvalue weighted by Gasteiger charge is -2.46. The number of hydrogen-bond donors (Lipinski definition) is 1. The number of fused-ring (bicyclic) bond motifs is 1. The van der Waals surface area contributed by atoms with E-state index in [1.165, 1.54) is 20.9 Å². The summed E-state index contributed by atoms with van der Waals surface area (Å²) in [5.74, 6) is -2.32. The van der Waals surface area contributed by atoms with Gasteiger partial charge in [-0.25, -0.2) is 13.6 Å². The van der Waals surface area contributed by atoms with Crippen molar-refractivity contribution in [3.05, 3.63) is 120 Å². The van der Waals surface area contributed by atoms with Crippen LogP contribution in [0.4, 0.5) is 13.6 Å². The van der Waals surface area contributed by atoms with Gasteiger partial charge in [-0.3, -0.25) is 14.6 Å². The molecule has 40 heavy (non-hydrogen) atoms. The van der Waals surface area contributed by atoms with Gasteiger partial charge >= 0.3 is 6.03 Å². The molecule has 206 valence electrons. The lowest BCUT2D eigenvalue weighted by Crippen LogP contribution is -2.62. The normalized spacial score (nSPS) is 18.9. The Kier molecular flexibility index (Phi) is 7.88. The molecule has 3 aromatic carbocycles. The van der Waals surface area contributed by atoms with Gasteiger partial charge in [-0.2, -0.15) is 5.01 Å². The Hall–Kier alpha value is -4.57. The minimum atomic E-state index is -1.02. The summed E-state index contributed by atoms with van der Waals surface area (Å²) >= 11 is 0. The maximum atomic E-state index is 14.6. The summed E-state index contributed by atoms with van der Waals surface area (Å²) in [6.07, 6.45) is 0.789. The maximum Gasteiger partial charge on any atom is 0.332 e. The first-order valence-corrected chi connectivity index (χ1v) is 12.9. The fourth-order valence-corrected chi connectivity index (χ4v) is 5.21. The molecule has 0 spiro atoms. The molecule has 10 heteroatoms. The van der Waals surface area contributed by atoms with Gasteiger partial charge in [-0.15, -0.1) is 6.58 Å². The molecule has 1 N–H and O–H groups in total. The van der Waals surface area contributed by atoms with Gasteiger partial charge in [0.2, 0.25) is 5.91 Å². The lowest BCUT2D eigenvalue weighted by molar-refractivity contribution is -0.158. The monoisotopic (exact) mass is 545 g/mol. The number of nitrogens with zero attached hydrogens (tertiary/aromatic N) is 4. The third-order valence-electron chi connectivity index (χ3n) is 7.12. The van der Waals surface area contributed by atoms with Gasteiger partial charge in [0.05, 0.1) is 26.2 Å². The molecule has 0 aromatic heterocycles. The Balaban J connectivity index is 1.47. The maximum absolute atomic E-state index is 14.6. The standard InChI is InChI=1S/C30H29F2N5O3/c1-2-16-35(30(40)33-17-21-10-5-3-6-11-21)36-20-27(38)37-26(36)19-34(18-23-24(31)14-9-15-25(23)32)29(39)28(37)22-12-7-4-8-13-22/h2-15,26,28H,1,16-20H2,(H,33,40)/t26-,28+/m1/s1. The number of hydrogen-bond acceptors (Lipinski definition) is 4. The third-order valence-corrected chi connectivity index (χ3v) is 7.12. The molecule has 0 saturated carbocycles. The highest BCUT2D eigenvalue weighted by Gasteiger charge is 2.52. The SMILES string of the molecule is C=CCN(C(=O)NCc1ccccc1)N1CC(=O)N2[C@@H](c3ccccc3)C(=O)N(Cc3c(F)cccc3F)C[C@@H]21. The zero-order valence-electron chi connectivity index (χ0n) is 21.7. The fourth-order valence-electron chi connectivity index (χ4n) is 5.21. The zero-order chi connectivity index (χ0) is 28.2. The molecule has 0 bridgehead atoms. The van der Waals surface area contributed by atoms with Crippen LogP contribution in [0.1, 0.15) is 22.7 Å².